The highest BCUT2D eigenvalue weighted by Gasteiger charge is 2.22. The lowest BCUT2D eigenvalue weighted by Crippen LogP contribution is -2.43. The second-order valence-corrected chi connectivity index (χ2v) is 5.35. The van der Waals surface area contributed by atoms with Crippen LogP contribution < -0.4 is 10.6 Å². The van der Waals surface area contributed by atoms with E-state index in [1.54, 1.807) is 0 Å². The molecule has 124 valence electrons. The van der Waals surface area contributed by atoms with Crippen LogP contribution in [0.5, 0.6) is 0 Å². The van der Waals surface area contributed by atoms with E-state index < -0.39 is 29.8 Å². The number of aliphatic hydroxyl groups excluding tert-OH is 1. The number of halogens is 2. The summed E-state index contributed by atoms with van der Waals surface area (Å²) in [5.41, 5.74) is 0.212. The molecule has 0 saturated carbocycles. The summed E-state index contributed by atoms with van der Waals surface area (Å²) in [4.78, 5) is 11.8. The van der Waals surface area contributed by atoms with Crippen LogP contribution in [0.25, 0.3) is 0 Å². The number of benzene rings is 1. The first kappa shape index (κ1) is 18.3. The van der Waals surface area contributed by atoms with Gasteiger partial charge in [-0.3, -0.25) is 0 Å². The van der Waals surface area contributed by atoms with Gasteiger partial charge < -0.3 is 20.5 Å². The van der Waals surface area contributed by atoms with Crippen LogP contribution in [0.15, 0.2) is 18.2 Å². The van der Waals surface area contributed by atoms with Crippen molar-refractivity contribution < 1.29 is 23.4 Å². The largest absolute Gasteiger partial charge is 0.389 e. The molecule has 0 aliphatic heterocycles. The minimum Gasteiger partial charge on any atom is -0.389 e. The van der Waals surface area contributed by atoms with Gasteiger partial charge in [-0.25, -0.2) is 13.6 Å². The zero-order valence-corrected chi connectivity index (χ0v) is 12.9. The van der Waals surface area contributed by atoms with Crippen molar-refractivity contribution in [1.29, 1.82) is 0 Å². The number of amides is 2. The van der Waals surface area contributed by atoms with Crippen LogP contribution in [0.4, 0.5) is 13.6 Å². The highest BCUT2D eigenvalue weighted by atomic mass is 19.1. The van der Waals surface area contributed by atoms with E-state index in [-0.39, 0.29) is 24.6 Å². The zero-order chi connectivity index (χ0) is 16.7. The molecule has 0 heterocycles. The summed E-state index contributed by atoms with van der Waals surface area (Å²) in [5, 5.41) is 14.6. The van der Waals surface area contributed by atoms with Gasteiger partial charge in [-0.2, -0.15) is 0 Å². The quantitative estimate of drug-likeness (QED) is 0.720. The summed E-state index contributed by atoms with van der Waals surface area (Å²) < 4.78 is 31.6. The summed E-state index contributed by atoms with van der Waals surface area (Å²) in [6, 6.07) is 2.09. The second kappa shape index (κ2) is 8.65. The molecule has 0 radical (unpaired) electrons. The van der Waals surface area contributed by atoms with Gasteiger partial charge in [0.2, 0.25) is 0 Å². The molecular formula is C15H22F2N2O3. The van der Waals surface area contributed by atoms with Crippen molar-refractivity contribution in [3.63, 3.8) is 0 Å². The van der Waals surface area contributed by atoms with Gasteiger partial charge in [0.25, 0.3) is 0 Å². The molecule has 5 nitrogen and oxygen atoms in total. The van der Waals surface area contributed by atoms with Gasteiger partial charge >= 0.3 is 6.03 Å². The molecule has 1 aromatic rings. The number of ether oxygens (including phenoxy) is 1. The maximum atomic E-state index is 13.9. The van der Waals surface area contributed by atoms with Gasteiger partial charge in [-0.1, -0.05) is 19.9 Å². The number of carbonyl (C=O) groups excluding carboxylic acids is 1. The Morgan fingerprint density at radius 3 is 2.59 bits per heavy atom. The van der Waals surface area contributed by atoms with E-state index in [0.29, 0.717) is 0 Å². The van der Waals surface area contributed by atoms with Crippen LogP contribution in [-0.2, 0) is 4.74 Å². The van der Waals surface area contributed by atoms with Gasteiger partial charge in [0.15, 0.2) is 0 Å². The van der Waals surface area contributed by atoms with Gasteiger partial charge in [-0.05, 0) is 12.0 Å². The van der Waals surface area contributed by atoms with E-state index in [4.69, 9.17) is 4.74 Å². The average Bonchev–Trinajstić information content (AvgIpc) is 2.43. The van der Waals surface area contributed by atoms with Crippen molar-refractivity contribution in [2.45, 2.75) is 26.0 Å². The van der Waals surface area contributed by atoms with Gasteiger partial charge in [0.05, 0.1) is 18.8 Å². The molecule has 7 heteroatoms. The topological polar surface area (TPSA) is 70.6 Å². The Balaban J connectivity index is 2.70. The third kappa shape index (κ3) is 5.57. The van der Waals surface area contributed by atoms with Gasteiger partial charge in [-0.15, -0.1) is 0 Å². The summed E-state index contributed by atoms with van der Waals surface area (Å²) in [7, 11) is 1.44. The zero-order valence-electron chi connectivity index (χ0n) is 12.9. The average molecular weight is 316 g/mol. The van der Waals surface area contributed by atoms with Crippen LogP contribution in [0.1, 0.15) is 25.5 Å². The highest BCUT2D eigenvalue weighted by Crippen LogP contribution is 2.24. The summed E-state index contributed by atoms with van der Waals surface area (Å²) >= 11 is 0. The van der Waals surface area contributed by atoms with E-state index in [9.17, 15) is 18.7 Å². The van der Waals surface area contributed by atoms with Crippen LogP contribution in [-0.4, -0.2) is 37.5 Å². The van der Waals surface area contributed by atoms with Crippen LogP contribution >= 0.6 is 0 Å². The minimum atomic E-state index is -0.823. The molecule has 2 amide bonds. The maximum absolute atomic E-state index is 13.9. The maximum Gasteiger partial charge on any atom is 0.315 e. The Hall–Kier alpha value is -1.73. The summed E-state index contributed by atoms with van der Waals surface area (Å²) in [6.45, 7) is 3.73. The summed E-state index contributed by atoms with van der Waals surface area (Å²) in [5.74, 6) is -1.48. The standard InChI is InChI=1S/C15H22F2N2O3/c1-9(2)14(12-5-4-10(16)6-13(12)17)19-15(21)18-7-11(20)8-22-3/h4-6,9,11,14,20H,7-8H2,1-3H3,(H2,18,19,21). The SMILES string of the molecule is COCC(O)CNC(=O)NC(c1ccc(F)cc1F)C(C)C. The predicted octanol–water partition coefficient (Wildman–Crippen LogP) is 1.97. The first-order valence-corrected chi connectivity index (χ1v) is 7.01. The molecule has 2 atom stereocenters. The van der Waals surface area contributed by atoms with Crippen molar-refractivity contribution in [2.75, 3.05) is 20.3 Å². The lowest BCUT2D eigenvalue weighted by molar-refractivity contribution is 0.0658. The third-order valence-corrected chi connectivity index (χ3v) is 3.11. The first-order chi connectivity index (χ1) is 10.3. The van der Waals surface area contributed by atoms with Crippen LogP contribution in [0.2, 0.25) is 0 Å². The molecular weight excluding hydrogens is 294 g/mol. The Labute approximate surface area is 128 Å². The molecule has 1 rings (SSSR count). The predicted molar refractivity (Wildman–Crippen MR) is 78.4 cm³/mol. The van der Waals surface area contributed by atoms with Crippen LogP contribution in [0.3, 0.4) is 0 Å². The lowest BCUT2D eigenvalue weighted by atomic mass is 9.95. The molecule has 2 unspecified atom stereocenters. The number of hydrogen-bond donors (Lipinski definition) is 3. The highest BCUT2D eigenvalue weighted by molar-refractivity contribution is 5.74. The molecule has 0 aromatic heterocycles. The molecule has 0 aliphatic rings. The Morgan fingerprint density at radius 1 is 1.36 bits per heavy atom. The number of aliphatic hydroxyl groups is 1. The summed E-state index contributed by atoms with van der Waals surface area (Å²) in [6.07, 6.45) is -0.823. The van der Waals surface area contributed by atoms with Crippen molar-refractivity contribution in [1.82, 2.24) is 10.6 Å². The molecule has 0 fully saturated rings. The Morgan fingerprint density at radius 2 is 2.05 bits per heavy atom. The lowest BCUT2D eigenvalue weighted by Gasteiger charge is -2.24. The fraction of sp³-hybridized carbons (Fsp3) is 0.533. The van der Waals surface area contributed by atoms with E-state index in [0.717, 1.165) is 12.1 Å². The molecule has 0 bridgehead atoms. The van der Waals surface area contributed by atoms with E-state index in [1.165, 1.54) is 13.2 Å². The second-order valence-electron chi connectivity index (χ2n) is 5.35. The van der Waals surface area contributed by atoms with Gasteiger partial charge in [0.1, 0.15) is 11.6 Å². The smallest absolute Gasteiger partial charge is 0.315 e. The first-order valence-electron chi connectivity index (χ1n) is 7.01. The van der Waals surface area contributed by atoms with Gasteiger partial charge in [0, 0.05) is 25.3 Å². The molecule has 3 N–H and O–H groups in total. The molecule has 0 aliphatic carbocycles. The fourth-order valence-corrected chi connectivity index (χ4v) is 2.01. The normalized spacial score (nSPS) is 13.8. The molecule has 0 saturated heterocycles. The number of nitrogens with one attached hydrogen (secondary N) is 2. The van der Waals surface area contributed by atoms with Crippen molar-refractivity contribution >= 4 is 6.03 Å². The van der Waals surface area contributed by atoms with E-state index in [2.05, 4.69) is 10.6 Å². The number of hydrogen-bond acceptors (Lipinski definition) is 3. The van der Waals surface area contributed by atoms with Crippen LogP contribution in [0, 0.1) is 17.6 Å². The Bertz CT molecular complexity index is 498. The monoisotopic (exact) mass is 316 g/mol. The van der Waals surface area contributed by atoms with Crippen molar-refractivity contribution in [3.8, 4) is 0 Å². The number of methoxy groups -OCH3 is 1. The van der Waals surface area contributed by atoms with Crippen molar-refractivity contribution in [2.24, 2.45) is 5.92 Å². The van der Waals surface area contributed by atoms with E-state index in [1.807, 2.05) is 13.8 Å². The number of urea groups is 1. The molecule has 0 spiro atoms. The Kier molecular flexibility index (Phi) is 7.20. The minimum absolute atomic E-state index is 0.0103. The third-order valence-electron chi connectivity index (χ3n) is 3.11. The molecule has 22 heavy (non-hydrogen) atoms. The van der Waals surface area contributed by atoms with E-state index >= 15 is 0 Å². The molecule has 1 aromatic carbocycles. The fourth-order valence-electron chi connectivity index (χ4n) is 2.01. The van der Waals surface area contributed by atoms with Crippen molar-refractivity contribution in [3.05, 3.63) is 35.4 Å². The number of carbonyl (C=O) groups is 1. The number of rotatable bonds is 7.